The highest BCUT2D eigenvalue weighted by atomic mass is 32.2. The van der Waals surface area contributed by atoms with E-state index in [1.165, 1.54) is 6.26 Å². The summed E-state index contributed by atoms with van der Waals surface area (Å²) in [6.07, 6.45) is 1.25. The number of benzene rings is 1. The number of hydrogen-bond donors (Lipinski definition) is 1. The maximum atomic E-state index is 11.2. The highest BCUT2D eigenvalue weighted by Crippen LogP contribution is 2.25. The van der Waals surface area contributed by atoms with Gasteiger partial charge in [0.25, 0.3) is 0 Å². The Hall–Kier alpha value is -1.14. The van der Waals surface area contributed by atoms with E-state index >= 15 is 0 Å². The van der Waals surface area contributed by atoms with Crippen LogP contribution in [0.4, 0.5) is 5.69 Å². The van der Waals surface area contributed by atoms with Crippen molar-refractivity contribution < 1.29 is 8.42 Å². The fourth-order valence-electron chi connectivity index (χ4n) is 1.91. The second-order valence-corrected chi connectivity index (χ2v) is 7.97. The molecule has 1 N–H and O–H groups in total. The Kier molecular flexibility index (Phi) is 3.59. The lowest BCUT2D eigenvalue weighted by atomic mass is 10.2. The van der Waals surface area contributed by atoms with Crippen LogP contribution in [0.25, 0.3) is 10.2 Å². The van der Waals surface area contributed by atoms with Crippen molar-refractivity contribution in [1.29, 1.82) is 0 Å². The number of anilines is 1. The molecular formula is C12H16N2O2S2. The first-order chi connectivity index (χ1) is 8.33. The first kappa shape index (κ1) is 13.3. The van der Waals surface area contributed by atoms with Crippen LogP contribution >= 0.6 is 11.3 Å². The van der Waals surface area contributed by atoms with Gasteiger partial charge in [-0.05, 0) is 32.0 Å². The number of fused-ring (bicyclic) bond motifs is 1. The quantitative estimate of drug-likeness (QED) is 0.937. The van der Waals surface area contributed by atoms with E-state index in [0.29, 0.717) is 0 Å². The van der Waals surface area contributed by atoms with Gasteiger partial charge in [0.2, 0.25) is 0 Å². The fourth-order valence-corrected chi connectivity index (χ4v) is 3.77. The topological polar surface area (TPSA) is 59.1 Å². The number of aromatic nitrogens is 1. The molecule has 1 aromatic heterocycles. The van der Waals surface area contributed by atoms with Gasteiger partial charge in [0.05, 0.1) is 21.0 Å². The van der Waals surface area contributed by atoms with E-state index in [1.54, 1.807) is 11.3 Å². The first-order valence-electron chi connectivity index (χ1n) is 5.65. The second kappa shape index (κ2) is 4.85. The fraction of sp³-hybridized carbons (Fsp3) is 0.417. The van der Waals surface area contributed by atoms with Gasteiger partial charge in [0.1, 0.15) is 9.84 Å². The Morgan fingerprint density at radius 3 is 2.83 bits per heavy atom. The van der Waals surface area contributed by atoms with Crippen LogP contribution in [0.1, 0.15) is 11.9 Å². The van der Waals surface area contributed by atoms with Crippen LogP contribution in [0.2, 0.25) is 0 Å². The maximum absolute atomic E-state index is 11.2. The molecule has 1 aromatic carbocycles. The third-order valence-corrected chi connectivity index (χ3v) is 4.50. The number of aryl methyl sites for hydroxylation is 1. The van der Waals surface area contributed by atoms with Crippen molar-refractivity contribution in [2.45, 2.75) is 19.9 Å². The van der Waals surface area contributed by atoms with Crippen molar-refractivity contribution in [1.82, 2.24) is 4.98 Å². The number of sulfone groups is 1. The van der Waals surface area contributed by atoms with Crippen molar-refractivity contribution in [3.05, 3.63) is 23.2 Å². The SMILES string of the molecule is Cc1nc2ccc(NC(C)CS(C)(=O)=O)cc2s1. The van der Waals surface area contributed by atoms with Gasteiger partial charge in [-0.3, -0.25) is 0 Å². The summed E-state index contributed by atoms with van der Waals surface area (Å²) in [6, 6.07) is 5.79. The molecule has 1 atom stereocenters. The van der Waals surface area contributed by atoms with Crippen molar-refractivity contribution in [3.8, 4) is 0 Å². The summed E-state index contributed by atoms with van der Waals surface area (Å²) in [5.41, 5.74) is 1.92. The molecule has 4 nitrogen and oxygen atoms in total. The van der Waals surface area contributed by atoms with Crippen molar-refractivity contribution in [3.63, 3.8) is 0 Å². The Morgan fingerprint density at radius 2 is 2.17 bits per heavy atom. The van der Waals surface area contributed by atoms with Crippen LogP contribution in [0.5, 0.6) is 0 Å². The van der Waals surface area contributed by atoms with Gasteiger partial charge in [0.15, 0.2) is 0 Å². The lowest BCUT2D eigenvalue weighted by Gasteiger charge is -2.13. The highest BCUT2D eigenvalue weighted by molar-refractivity contribution is 7.90. The molecular weight excluding hydrogens is 268 g/mol. The van der Waals surface area contributed by atoms with Crippen LogP contribution in [0.15, 0.2) is 18.2 Å². The molecule has 0 aliphatic rings. The molecule has 0 saturated carbocycles. The first-order valence-corrected chi connectivity index (χ1v) is 8.53. The summed E-state index contributed by atoms with van der Waals surface area (Å²) in [7, 11) is -2.95. The average molecular weight is 284 g/mol. The van der Waals surface area contributed by atoms with E-state index in [-0.39, 0.29) is 11.8 Å². The average Bonchev–Trinajstić information content (AvgIpc) is 2.53. The minimum absolute atomic E-state index is 0.105. The molecule has 0 amide bonds. The molecule has 0 fully saturated rings. The summed E-state index contributed by atoms with van der Waals surface area (Å²) in [5.74, 6) is 0.132. The second-order valence-electron chi connectivity index (χ2n) is 4.55. The van der Waals surface area contributed by atoms with Gasteiger partial charge in [-0.15, -0.1) is 11.3 Å². The lowest BCUT2D eigenvalue weighted by molar-refractivity contribution is 0.598. The maximum Gasteiger partial charge on any atom is 0.149 e. The van der Waals surface area contributed by atoms with Crippen LogP contribution in [-0.4, -0.2) is 31.5 Å². The summed E-state index contributed by atoms with van der Waals surface area (Å²) < 4.78 is 23.5. The standard InChI is InChI=1S/C12H16N2O2S2/c1-8(7-18(3,15)16)13-10-4-5-11-12(6-10)17-9(2)14-11/h4-6,8,13H,7H2,1-3H3. The van der Waals surface area contributed by atoms with Crippen LogP contribution in [0, 0.1) is 6.92 Å². The molecule has 0 bridgehead atoms. The number of rotatable bonds is 4. The summed E-state index contributed by atoms with van der Waals surface area (Å²) >= 11 is 1.64. The Balaban J connectivity index is 2.16. The van der Waals surface area contributed by atoms with Crippen LogP contribution in [0.3, 0.4) is 0 Å². The molecule has 18 heavy (non-hydrogen) atoms. The van der Waals surface area contributed by atoms with E-state index in [0.717, 1.165) is 20.9 Å². The minimum Gasteiger partial charge on any atom is -0.382 e. The Labute approximate surface area is 111 Å². The van der Waals surface area contributed by atoms with E-state index in [2.05, 4.69) is 10.3 Å². The summed E-state index contributed by atoms with van der Waals surface area (Å²) in [4.78, 5) is 4.39. The van der Waals surface area contributed by atoms with Gasteiger partial charge < -0.3 is 5.32 Å². The van der Waals surface area contributed by atoms with E-state index in [4.69, 9.17) is 0 Å². The largest absolute Gasteiger partial charge is 0.382 e. The molecule has 0 saturated heterocycles. The summed E-state index contributed by atoms with van der Waals surface area (Å²) in [5, 5.41) is 4.23. The zero-order chi connectivity index (χ0) is 13.3. The van der Waals surface area contributed by atoms with Gasteiger partial charge in [-0.2, -0.15) is 0 Å². The molecule has 2 aromatic rings. The van der Waals surface area contributed by atoms with Crippen molar-refractivity contribution in [2.75, 3.05) is 17.3 Å². The lowest BCUT2D eigenvalue weighted by Crippen LogP contribution is -2.24. The molecule has 0 spiro atoms. The molecule has 1 heterocycles. The van der Waals surface area contributed by atoms with Crippen molar-refractivity contribution in [2.24, 2.45) is 0 Å². The number of nitrogens with zero attached hydrogens (tertiary/aromatic N) is 1. The van der Waals surface area contributed by atoms with Gasteiger partial charge >= 0.3 is 0 Å². The van der Waals surface area contributed by atoms with Crippen LogP contribution < -0.4 is 5.32 Å². The third-order valence-electron chi connectivity index (χ3n) is 2.46. The van der Waals surface area contributed by atoms with E-state index in [1.807, 2.05) is 32.0 Å². The monoisotopic (exact) mass is 284 g/mol. The Bertz CT molecular complexity index is 662. The molecule has 2 rings (SSSR count). The van der Waals surface area contributed by atoms with Crippen LogP contribution in [-0.2, 0) is 9.84 Å². The van der Waals surface area contributed by atoms with Crippen molar-refractivity contribution >= 4 is 37.1 Å². The molecule has 0 radical (unpaired) electrons. The zero-order valence-electron chi connectivity index (χ0n) is 10.6. The third kappa shape index (κ3) is 3.43. The minimum atomic E-state index is -2.95. The van der Waals surface area contributed by atoms with E-state index < -0.39 is 9.84 Å². The zero-order valence-corrected chi connectivity index (χ0v) is 12.2. The predicted octanol–water partition coefficient (Wildman–Crippen LogP) is 2.45. The smallest absolute Gasteiger partial charge is 0.149 e. The predicted molar refractivity (Wildman–Crippen MR) is 77.2 cm³/mol. The highest BCUT2D eigenvalue weighted by Gasteiger charge is 2.10. The van der Waals surface area contributed by atoms with Gasteiger partial charge in [-0.1, -0.05) is 0 Å². The van der Waals surface area contributed by atoms with E-state index in [9.17, 15) is 8.42 Å². The van der Waals surface area contributed by atoms with Gasteiger partial charge in [-0.25, -0.2) is 13.4 Å². The molecule has 98 valence electrons. The Morgan fingerprint density at radius 1 is 1.44 bits per heavy atom. The normalized spacial score (nSPS) is 13.7. The number of hydrogen-bond acceptors (Lipinski definition) is 5. The molecule has 0 aliphatic heterocycles. The summed E-state index contributed by atoms with van der Waals surface area (Å²) in [6.45, 7) is 3.84. The number of thiazole rings is 1. The molecule has 6 heteroatoms. The number of nitrogens with one attached hydrogen (secondary N) is 1. The van der Waals surface area contributed by atoms with Gasteiger partial charge in [0, 0.05) is 18.0 Å². The molecule has 0 aliphatic carbocycles. The molecule has 1 unspecified atom stereocenters.